The molecule has 0 aliphatic heterocycles. The lowest BCUT2D eigenvalue weighted by atomic mass is 10.1. The van der Waals surface area contributed by atoms with Crippen LogP contribution in [-0.4, -0.2) is 18.0 Å². The summed E-state index contributed by atoms with van der Waals surface area (Å²) in [5, 5.41) is 14.2. The van der Waals surface area contributed by atoms with Crippen molar-refractivity contribution in [2.24, 2.45) is 0 Å². The first-order chi connectivity index (χ1) is 16.0. The molecule has 1 N–H and O–H groups in total. The Balaban J connectivity index is 1.46. The van der Waals surface area contributed by atoms with Gasteiger partial charge in [-0.25, -0.2) is 4.79 Å². The molecule has 0 radical (unpaired) electrons. The van der Waals surface area contributed by atoms with Crippen LogP contribution >= 0.6 is 11.8 Å². The molecule has 0 heterocycles. The van der Waals surface area contributed by atoms with Crippen molar-refractivity contribution in [3.63, 3.8) is 0 Å². The molecule has 0 saturated heterocycles. The Bertz CT molecular complexity index is 1380. The summed E-state index contributed by atoms with van der Waals surface area (Å²) in [6.07, 6.45) is -0.992. The maximum Gasteiger partial charge on any atom is 0.340 e. The van der Waals surface area contributed by atoms with Gasteiger partial charge in [-0.15, -0.1) is 0 Å². The molecule has 0 saturated carbocycles. The van der Waals surface area contributed by atoms with Crippen molar-refractivity contribution in [3.05, 3.63) is 102 Å². The molecule has 6 heteroatoms. The van der Waals surface area contributed by atoms with Crippen LogP contribution in [0.4, 0.5) is 5.69 Å². The van der Waals surface area contributed by atoms with Gasteiger partial charge in [0.2, 0.25) is 0 Å². The Morgan fingerprint density at radius 1 is 0.879 bits per heavy atom. The van der Waals surface area contributed by atoms with E-state index in [9.17, 15) is 14.9 Å². The van der Waals surface area contributed by atoms with Crippen LogP contribution in [0.5, 0.6) is 0 Å². The zero-order valence-electron chi connectivity index (χ0n) is 17.8. The zero-order valence-corrected chi connectivity index (χ0v) is 18.6. The van der Waals surface area contributed by atoms with Crippen LogP contribution in [0, 0.1) is 11.3 Å². The highest BCUT2D eigenvalue weighted by Crippen LogP contribution is 2.33. The van der Waals surface area contributed by atoms with Crippen molar-refractivity contribution in [1.29, 1.82) is 5.26 Å². The number of esters is 1. The van der Waals surface area contributed by atoms with Gasteiger partial charge in [0.15, 0.2) is 6.10 Å². The predicted octanol–water partition coefficient (Wildman–Crippen LogP) is 6.05. The highest BCUT2D eigenvalue weighted by molar-refractivity contribution is 7.99. The van der Waals surface area contributed by atoms with E-state index in [2.05, 4.69) is 11.4 Å². The van der Waals surface area contributed by atoms with Gasteiger partial charge in [-0.2, -0.15) is 5.26 Å². The molecule has 0 bridgehead atoms. The maximum atomic E-state index is 12.9. The number of benzene rings is 4. The number of hydrogen-bond donors (Lipinski definition) is 1. The SMILES string of the molecule is C[C@@H](OC(=O)c1ccccc1Sc1ccccc1C#N)C(=O)Nc1ccc2ccccc2c1. The number of nitriles is 1. The Labute approximate surface area is 196 Å². The molecule has 4 aromatic rings. The molecule has 0 spiro atoms. The average Bonchev–Trinajstić information content (AvgIpc) is 2.84. The topological polar surface area (TPSA) is 79.2 Å². The number of anilines is 1. The molecule has 0 aliphatic carbocycles. The van der Waals surface area contributed by atoms with E-state index in [0.717, 1.165) is 15.7 Å². The second kappa shape index (κ2) is 10.0. The number of nitrogens with one attached hydrogen (secondary N) is 1. The van der Waals surface area contributed by atoms with Crippen LogP contribution in [0.2, 0.25) is 0 Å². The Morgan fingerprint density at radius 2 is 1.55 bits per heavy atom. The first-order valence-electron chi connectivity index (χ1n) is 10.3. The molecule has 0 aromatic heterocycles. The molecule has 4 aromatic carbocycles. The zero-order chi connectivity index (χ0) is 23.2. The van der Waals surface area contributed by atoms with Gasteiger partial charge in [0.25, 0.3) is 5.91 Å². The number of nitrogens with zero attached hydrogens (tertiary/aromatic N) is 1. The van der Waals surface area contributed by atoms with E-state index in [0.29, 0.717) is 21.7 Å². The minimum Gasteiger partial charge on any atom is -0.449 e. The van der Waals surface area contributed by atoms with Crippen LogP contribution in [-0.2, 0) is 9.53 Å². The maximum absolute atomic E-state index is 12.9. The summed E-state index contributed by atoms with van der Waals surface area (Å²) in [4.78, 5) is 26.9. The van der Waals surface area contributed by atoms with E-state index in [1.807, 2.05) is 60.7 Å². The van der Waals surface area contributed by atoms with Gasteiger partial charge in [0.05, 0.1) is 11.1 Å². The number of carbonyl (C=O) groups is 2. The third-order valence-corrected chi connectivity index (χ3v) is 6.16. The van der Waals surface area contributed by atoms with Gasteiger partial charge in [0.1, 0.15) is 6.07 Å². The summed E-state index contributed by atoms with van der Waals surface area (Å²) in [5.41, 5.74) is 1.49. The number of ether oxygens (including phenoxy) is 1. The summed E-state index contributed by atoms with van der Waals surface area (Å²) in [6, 6.07) is 29.8. The second-order valence-electron chi connectivity index (χ2n) is 7.30. The Hall–Kier alpha value is -4.08. The van der Waals surface area contributed by atoms with Crippen molar-refractivity contribution >= 4 is 40.1 Å². The van der Waals surface area contributed by atoms with Gasteiger partial charge in [-0.3, -0.25) is 4.79 Å². The molecule has 0 aliphatic rings. The van der Waals surface area contributed by atoms with Crippen molar-refractivity contribution in [3.8, 4) is 6.07 Å². The first kappa shape index (κ1) is 22.1. The van der Waals surface area contributed by atoms with E-state index in [-0.39, 0.29) is 0 Å². The van der Waals surface area contributed by atoms with E-state index >= 15 is 0 Å². The van der Waals surface area contributed by atoms with Crippen LogP contribution in [0.25, 0.3) is 10.8 Å². The number of carbonyl (C=O) groups excluding carboxylic acids is 2. The summed E-state index contributed by atoms with van der Waals surface area (Å²) >= 11 is 1.31. The summed E-state index contributed by atoms with van der Waals surface area (Å²) < 4.78 is 5.46. The molecule has 4 rings (SSSR count). The minimum absolute atomic E-state index is 0.334. The fourth-order valence-corrected chi connectivity index (χ4v) is 4.29. The third-order valence-electron chi connectivity index (χ3n) is 5.00. The van der Waals surface area contributed by atoms with Crippen molar-refractivity contribution in [1.82, 2.24) is 0 Å². The smallest absolute Gasteiger partial charge is 0.340 e. The van der Waals surface area contributed by atoms with Gasteiger partial charge < -0.3 is 10.1 Å². The second-order valence-corrected chi connectivity index (χ2v) is 8.39. The van der Waals surface area contributed by atoms with Gasteiger partial charge in [-0.05, 0) is 54.1 Å². The lowest BCUT2D eigenvalue weighted by Gasteiger charge is -2.15. The summed E-state index contributed by atoms with van der Waals surface area (Å²) in [5.74, 6) is -1.02. The molecular weight excluding hydrogens is 432 g/mol. The quantitative estimate of drug-likeness (QED) is 0.361. The number of rotatable bonds is 6. The predicted molar refractivity (Wildman–Crippen MR) is 129 cm³/mol. The van der Waals surface area contributed by atoms with Crippen molar-refractivity contribution in [2.75, 3.05) is 5.32 Å². The first-order valence-corrected chi connectivity index (χ1v) is 11.1. The molecular formula is C27H20N2O3S. The van der Waals surface area contributed by atoms with Gasteiger partial charge in [0, 0.05) is 15.5 Å². The highest BCUT2D eigenvalue weighted by Gasteiger charge is 2.21. The number of fused-ring (bicyclic) bond motifs is 1. The lowest BCUT2D eigenvalue weighted by molar-refractivity contribution is -0.123. The van der Waals surface area contributed by atoms with E-state index in [1.54, 1.807) is 30.3 Å². The standard InChI is InChI=1S/C27H20N2O3S/c1-18(26(30)29-22-15-14-19-8-2-3-9-20(19)16-22)32-27(31)23-11-5-7-13-25(23)33-24-12-6-4-10-21(24)17-28/h2-16,18H,1H3,(H,29,30)/t18-/m1/s1. The fraction of sp³-hybridized carbons (Fsp3) is 0.0741. The van der Waals surface area contributed by atoms with E-state index in [4.69, 9.17) is 4.74 Å². The average molecular weight is 453 g/mol. The molecule has 33 heavy (non-hydrogen) atoms. The lowest BCUT2D eigenvalue weighted by Crippen LogP contribution is -2.30. The summed E-state index contributed by atoms with van der Waals surface area (Å²) in [7, 11) is 0. The van der Waals surface area contributed by atoms with Gasteiger partial charge >= 0.3 is 5.97 Å². The van der Waals surface area contributed by atoms with E-state index < -0.39 is 18.0 Å². The van der Waals surface area contributed by atoms with Gasteiger partial charge in [-0.1, -0.05) is 66.4 Å². The van der Waals surface area contributed by atoms with Crippen LogP contribution in [0.1, 0.15) is 22.8 Å². The molecule has 162 valence electrons. The number of hydrogen-bond acceptors (Lipinski definition) is 5. The van der Waals surface area contributed by atoms with Crippen LogP contribution in [0.3, 0.4) is 0 Å². The van der Waals surface area contributed by atoms with Crippen LogP contribution < -0.4 is 5.32 Å². The highest BCUT2D eigenvalue weighted by atomic mass is 32.2. The Kier molecular flexibility index (Phi) is 6.72. The van der Waals surface area contributed by atoms with E-state index in [1.165, 1.54) is 18.7 Å². The van der Waals surface area contributed by atoms with Crippen LogP contribution in [0.15, 0.2) is 101 Å². The molecule has 0 fully saturated rings. The van der Waals surface area contributed by atoms with Crippen molar-refractivity contribution in [2.45, 2.75) is 22.8 Å². The normalized spacial score (nSPS) is 11.4. The molecule has 1 amide bonds. The number of amides is 1. The largest absolute Gasteiger partial charge is 0.449 e. The monoisotopic (exact) mass is 452 g/mol. The Morgan fingerprint density at radius 3 is 2.33 bits per heavy atom. The molecule has 1 atom stereocenters. The third kappa shape index (κ3) is 5.22. The molecule has 5 nitrogen and oxygen atoms in total. The summed E-state index contributed by atoms with van der Waals surface area (Å²) in [6.45, 7) is 1.54. The van der Waals surface area contributed by atoms with Crippen molar-refractivity contribution < 1.29 is 14.3 Å². The minimum atomic E-state index is -0.992. The molecule has 0 unspecified atom stereocenters. The fourth-order valence-electron chi connectivity index (χ4n) is 3.28.